The van der Waals surface area contributed by atoms with Gasteiger partial charge in [0.2, 0.25) is 0 Å². The standard InChI is InChI=1S/C25H23F2N3O3/c1-33-22-5-2-4-17(14-22)24(31)28-20-8-10-21(11-9-20)30-13-3-12-29(25(30)32)16-18-6-7-19(26)15-23(18)27/h2,4-11,14-15H,3,12-13,16H2,1H3,(H,28,31). The van der Waals surface area contributed by atoms with E-state index >= 15 is 0 Å². The van der Waals surface area contributed by atoms with Crippen molar-refractivity contribution in [2.24, 2.45) is 0 Å². The lowest BCUT2D eigenvalue weighted by molar-refractivity contribution is 0.102. The third-order valence-corrected chi connectivity index (χ3v) is 5.46. The molecule has 0 atom stereocenters. The summed E-state index contributed by atoms with van der Waals surface area (Å²) in [5, 5.41) is 2.82. The van der Waals surface area contributed by atoms with Crippen LogP contribution in [0.4, 0.5) is 25.0 Å². The lowest BCUT2D eigenvalue weighted by Crippen LogP contribution is -2.49. The van der Waals surface area contributed by atoms with Crippen LogP contribution in [-0.4, -0.2) is 37.0 Å². The highest BCUT2D eigenvalue weighted by Gasteiger charge is 2.27. The van der Waals surface area contributed by atoms with E-state index in [-0.39, 0.29) is 24.0 Å². The van der Waals surface area contributed by atoms with Crippen LogP contribution in [0.3, 0.4) is 0 Å². The van der Waals surface area contributed by atoms with Crippen LogP contribution in [-0.2, 0) is 6.54 Å². The molecule has 1 heterocycles. The highest BCUT2D eigenvalue weighted by atomic mass is 19.1. The maximum absolute atomic E-state index is 14.0. The molecule has 0 unspecified atom stereocenters. The average molecular weight is 451 g/mol. The van der Waals surface area contributed by atoms with Crippen molar-refractivity contribution < 1.29 is 23.1 Å². The summed E-state index contributed by atoms with van der Waals surface area (Å²) in [5.74, 6) is -1.01. The molecule has 0 aromatic heterocycles. The molecule has 0 spiro atoms. The summed E-state index contributed by atoms with van der Waals surface area (Å²) in [5.41, 5.74) is 1.99. The van der Waals surface area contributed by atoms with Crippen molar-refractivity contribution in [1.29, 1.82) is 0 Å². The molecule has 3 aromatic carbocycles. The molecule has 0 radical (unpaired) electrons. The van der Waals surface area contributed by atoms with Crippen molar-refractivity contribution in [3.8, 4) is 5.75 Å². The Balaban J connectivity index is 1.43. The van der Waals surface area contributed by atoms with Crippen molar-refractivity contribution in [2.45, 2.75) is 13.0 Å². The summed E-state index contributed by atoms with van der Waals surface area (Å²) in [7, 11) is 1.54. The van der Waals surface area contributed by atoms with Gasteiger partial charge in [0.1, 0.15) is 17.4 Å². The second-order valence-electron chi connectivity index (χ2n) is 7.68. The number of carbonyl (C=O) groups excluding carboxylic acids is 2. The SMILES string of the molecule is COc1cccc(C(=O)Nc2ccc(N3CCCN(Cc4ccc(F)cc4F)C3=O)cc2)c1. The zero-order valence-corrected chi connectivity index (χ0v) is 18.1. The van der Waals surface area contributed by atoms with Crippen LogP contribution in [0.25, 0.3) is 0 Å². The molecule has 1 N–H and O–H groups in total. The number of nitrogens with one attached hydrogen (secondary N) is 1. The van der Waals surface area contributed by atoms with Gasteiger partial charge < -0.3 is 15.0 Å². The second-order valence-corrected chi connectivity index (χ2v) is 7.68. The number of nitrogens with zero attached hydrogens (tertiary/aromatic N) is 2. The van der Waals surface area contributed by atoms with Crippen molar-refractivity contribution in [2.75, 3.05) is 30.4 Å². The van der Waals surface area contributed by atoms with Gasteiger partial charge in [0.15, 0.2) is 0 Å². The van der Waals surface area contributed by atoms with Crippen LogP contribution in [0.2, 0.25) is 0 Å². The Labute approximate surface area is 190 Å². The maximum Gasteiger partial charge on any atom is 0.324 e. The zero-order chi connectivity index (χ0) is 23.4. The van der Waals surface area contributed by atoms with E-state index in [0.29, 0.717) is 42.2 Å². The summed E-state index contributed by atoms with van der Waals surface area (Å²) in [6.07, 6.45) is 0.711. The summed E-state index contributed by atoms with van der Waals surface area (Å²) in [6.45, 7) is 1.08. The number of amides is 3. The van der Waals surface area contributed by atoms with Gasteiger partial charge in [-0.05, 0) is 55.0 Å². The summed E-state index contributed by atoms with van der Waals surface area (Å²) in [4.78, 5) is 28.6. The molecule has 4 rings (SSSR count). The number of hydrogen-bond acceptors (Lipinski definition) is 3. The minimum absolute atomic E-state index is 0.0656. The molecule has 0 saturated carbocycles. The summed E-state index contributed by atoms with van der Waals surface area (Å²) >= 11 is 0. The molecule has 0 aliphatic carbocycles. The van der Waals surface area contributed by atoms with E-state index in [2.05, 4.69) is 5.32 Å². The molecule has 1 fully saturated rings. The number of hydrogen-bond donors (Lipinski definition) is 1. The zero-order valence-electron chi connectivity index (χ0n) is 18.1. The van der Waals surface area contributed by atoms with Gasteiger partial charge in [0.25, 0.3) is 5.91 Å². The molecule has 6 nitrogen and oxygen atoms in total. The number of rotatable bonds is 6. The first-order valence-corrected chi connectivity index (χ1v) is 10.5. The Hall–Kier alpha value is -3.94. The summed E-state index contributed by atoms with van der Waals surface area (Å²) < 4.78 is 32.3. The first-order chi connectivity index (χ1) is 15.9. The van der Waals surface area contributed by atoms with E-state index in [0.717, 1.165) is 6.07 Å². The van der Waals surface area contributed by atoms with E-state index in [1.165, 1.54) is 24.1 Å². The Kier molecular flexibility index (Phi) is 6.53. The molecule has 1 aliphatic rings. The van der Waals surface area contributed by atoms with Gasteiger partial charge in [-0.3, -0.25) is 9.69 Å². The van der Waals surface area contributed by atoms with Gasteiger partial charge in [-0.2, -0.15) is 0 Å². The van der Waals surface area contributed by atoms with E-state index in [9.17, 15) is 18.4 Å². The molecule has 170 valence electrons. The number of benzene rings is 3. The molecule has 1 aliphatic heterocycles. The van der Waals surface area contributed by atoms with Crippen molar-refractivity contribution >= 4 is 23.3 Å². The monoisotopic (exact) mass is 451 g/mol. The lowest BCUT2D eigenvalue weighted by atomic mass is 10.1. The molecular weight excluding hydrogens is 428 g/mol. The predicted molar refractivity (Wildman–Crippen MR) is 122 cm³/mol. The molecule has 3 amide bonds. The number of ether oxygens (including phenoxy) is 1. The average Bonchev–Trinajstić information content (AvgIpc) is 2.82. The lowest BCUT2D eigenvalue weighted by Gasteiger charge is -2.35. The van der Waals surface area contributed by atoms with Gasteiger partial charge in [-0.1, -0.05) is 12.1 Å². The largest absolute Gasteiger partial charge is 0.497 e. The van der Waals surface area contributed by atoms with Crippen LogP contribution in [0.5, 0.6) is 5.75 Å². The third-order valence-electron chi connectivity index (χ3n) is 5.46. The fourth-order valence-electron chi connectivity index (χ4n) is 3.72. The van der Waals surface area contributed by atoms with Crippen LogP contribution >= 0.6 is 0 Å². The first kappa shape index (κ1) is 22.3. The molecule has 1 saturated heterocycles. The van der Waals surface area contributed by atoms with E-state index in [1.54, 1.807) is 53.4 Å². The normalized spacial score (nSPS) is 13.7. The molecule has 0 bridgehead atoms. The highest BCUT2D eigenvalue weighted by molar-refractivity contribution is 6.04. The molecule has 33 heavy (non-hydrogen) atoms. The van der Waals surface area contributed by atoms with Gasteiger partial charge in [0, 0.05) is 41.7 Å². The number of halogens is 2. The van der Waals surface area contributed by atoms with Gasteiger partial charge >= 0.3 is 6.03 Å². The number of methoxy groups -OCH3 is 1. The summed E-state index contributed by atoms with van der Waals surface area (Å²) in [6, 6.07) is 16.9. The van der Waals surface area contributed by atoms with E-state index < -0.39 is 11.6 Å². The van der Waals surface area contributed by atoms with Crippen LogP contribution in [0.15, 0.2) is 66.7 Å². The van der Waals surface area contributed by atoms with Gasteiger partial charge in [0.05, 0.1) is 13.7 Å². The van der Waals surface area contributed by atoms with E-state index in [4.69, 9.17) is 4.74 Å². The Bertz CT molecular complexity index is 1170. The smallest absolute Gasteiger partial charge is 0.324 e. The Morgan fingerprint density at radius 1 is 1.03 bits per heavy atom. The molecule has 8 heteroatoms. The fraction of sp³-hybridized carbons (Fsp3) is 0.200. The first-order valence-electron chi connectivity index (χ1n) is 10.5. The van der Waals surface area contributed by atoms with Crippen LogP contribution in [0, 0.1) is 11.6 Å². The van der Waals surface area contributed by atoms with Crippen LogP contribution in [0.1, 0.15) is 22.3 Å². The number of urea groups is 1. The quantitative estimate of drug-likeness (QED) is 0.570. The van der Waals surface area contributed by atoms with Crippen molar-refractivity contribution in [3.05, 3.63) is 89.5 Å². The maximum atomic E-state index is 14.0. The molecule has 3 aromatic rings. The van der Waals surface area contributed by atoms with Gasteiger partial charge in [-0.25, -0.2) is 13.6 Å². The van der Waals surface area contributed by atoms with E-state index in [1.807, 2.05) is 0 Å². The topological polar surface area (TPSA) is 61.9 Å². The fourth-order valence-corrected chi connectivity index (χ4v) is 3.72. The minimum atomic E-state index is -0.670. The van der Waals surface area contributed by atoms with Gasteiger partial charge in [-0.15, -0.1) is 0 Å². The number of anilines is 2. The molecular formula is C25H23F2N3O3. The van der Waals surface area contributed by atoms with Crippen molar-refractivity contribution in [1.82, 2.24) is 4.90 Å². The van der Waals surface area contributed by atoms with Crippen molar-refractivity contribution in [3.63, 3.8) is 0 Å². The highest BCUT2D eigenvalue weighted by Crippen LogP contribution is 2.24. The Morgan fingerprint density at radius 2 is 1.82 bits per heavy atom. The third kappa shape index (κ3) is 5.11. The predicted octanol–water partition coefficient (Wildman–Crippen LogP) is 5.06. The minimum Gasteiger partial charge on any atom is -0.497 e. The van der Waals surface area contributed by atoms with Crippen LogP contribution < -0.4 is 15.0 Å². The number of carbonyl (C=O) groups is 2. The second kappa shape index (κ2) is 9.68. The Morgan fingerprint density at radius 3 is 2.55 bits per heavy atom.